The van der Waals surface area contributed by atoms with E-state index in [0.717, 1.165) is 28.8 Å². The van der Waals surface area contributed by atoms with Crippen LogP contribution in [0.4, 0.5) is 10.5 Å². The number of carbonyl (C=O) groups is 2. The molecule has 1 aliphatic carbocycles. The van der Waals surface area contributed by atoms with Gasteiger partial charge in [0, 0.05) is 28.8 Å². The maximum atomic E-state index is 13.4. The number of ether oxygens (including phenoxy) is 1. The van der Waals surface area contributed by atoms with Crippen LogP contribution in [0.25, 0.3) is 11.1 Å². The molecule has 9 heteroatoms. The molecule has 214 valence electrons. The molecule has 2 amide bonds. The van der Waals surface area contributed by atoms with Gasteiger partial charge >= 0.3 is 12.0 Å². The zero-order chi connectivity index (χ0) is 29.4. The fourth-order valence-corrected chi connectivity index (χ4v) is 5.60. The van der Waals surface area contributed by atoms with Crippen molar-refractivity contribution in [2.75, 3.05) is 12.4 Å². The van der Waals surface area contributed by atoms with Crippen LogP contribution in [0.3, 0.4) is 0 Å². The Labute approximate surface area is 243 Å². The van der Waals surface area contributed by atoms with Crippen molar-refractivity contribution in [3.05, 3.63) is 113 Å². The molecule has 0 bridgehead atoms. The van der Waals surface area contributed by atoms with Gasteiger partial charge < -0.3 is 14.5 Å². The number of rotatable bonds is 7. The molecule has 2 atom stereocenters. The molecular formula is C32H35N3O5S. The van der Waals surface area contributed by atoms with Crippen LogP contribution in [0, 0.1) is 0 Å². The van der Waals surface area contributed by atoms with Crippen LogP contribution >= 0.6 is 0 Å². The van der Waals surface area contributed by atoms with Gasteiger partial charge in [-0.05, 0) is 72.5 Å². The number of carbonyl (C=O) groups excluding carboxylic acids is 2. The summed E-state index contributed by atoms with van der Waals surface area (Å²) in [5.74, 6) is 0.323. The molecule has 41 heavy (non-hydrogen) atoms. The van der Waals surface area contributed by atoms with Crippen molar-refractivity contribution in [3.8, 4) is 11.1 Å². The second-order valence-electron chi connectivity index (χ2n) is 9.30. The number of hydrogen-bond donors (Lipinski definition) is 2. The molecule has 0 spiro atoms. The second kappa shape index (κ2) is 13.9. The van der Waals surface area contributed by atoms with Crippen LogP contribution in [-0.4, -0.2) is 34.3 Å². The Bertz CT molecular complexity index is 1470. The summed E-state index contributed by atoms with van der Waals surface area (Å²) in [5, 5.41) is 3.00. The number of allylic oxidation sites excluding steroid dienone is 4. The minimum Gasteiger partial charge on any atom is -0.468 e. The molecule has 2 N–H and O–H groups in total. The number of furan rings is 1. The molecule has 0 saturated carbocycles. The Hall–Kier alpha value is -4.21. The number of benzene rings is 2. The predicted molar refractivity (Wildman–Crippen MR) is 162 cm³/mol. The molecule has 0 radical (unpaired) electrons. The lowest BCUT2D eigenvalue weighted by Crippen LogP contribution is -2.37. The van der Waals surface area contributed by atoms with Gasteiger partial charge in [-0.3, -0.25) is 4.90 Å². The molecule has 1 aromatic heterocycles. The number of esters is 1. The first-order valence-corrected chi connectivity index (χ1v) is 14.7. The fourth-order valence-electron chi connectivity index (χ4n) is 4.68. The molecule has 2 heterocycles. The van der Waals surface area contributed by atoms with Gasteiger partial charge in [0.15, 0.2) is 0 Å². The van der Waals surface area contributed by atoms with Crippen molar-refractivity contribution < 1.29 is 23.0 Å². The first kappa shape index (κ1) is 29.8. The van der Waals surface area contributed by atoms with Gasteiger partial charge in [0.1, 0.15) is 16.7 Å². The molecule has 2 unspecified atom stereocenters. The SMILES string of the molecule is CC.COC(=O)c1ccc(-c2ccc(NC(=O)N3C4=C(C=CCC(S(=O)NCc5ccco5)=C4)CC3C)cc2)cc1. The van der Waals surface area contributed by atoms with Gasteiger partial charge in [0.2, 0.25) is 0 Å². The first-order chi connectivity index (χ1) is 19.9. The number of hydrogen-bond acceptors (Lipinski definition) is 5. The summed E-state index contributed by atoms with van der Waals surface area (Å²) in [6, 6.07) is 18.0. The maximum absolute atomic E-state index is 13.4. The van der Waals surface area contributed by atoms with Crippen LogP contribution in [0.1, 0.15) is 49.7 Å². The van der Waals surface area contributed by atoms with E-state index in [-0.39, 0.29) is 18.0 Å². The van der Waals surface area contributed by atoms with E-state index in [2.05, 4.69) is 10.0 Å². The van der Waals surface area contributed by atoms with Crippen LogP contribution in [-0.2, 0) is 22.3 Å². The molecule has 8 nitrogen and oxygen atoms in total. The summed E-state index contributed by atoms with van der Waals surface area (Å²) in [6.07, 6.45) is 8.70. The van der Waals surface area contributed by atoms with Gasteiger partial charge in [-0.15, -0.1) is 0 Å². The van der Waals surface area contributed by atoms with E-state index >= 15 is 0 Å². The van der Waals surface area contributed by atoms with Gasteiger partial charge in [-0.1, -0.05) is 50.3 Å². The van der Waals surface area contributed by atoms with E-state index in [1.54, 1.807) is 29.4 Å². The minimum absolute atomic E-state index is 0.0487. The highest BCUT2D eigenvalue weighted by Gasteiger charge is 2.33. The third-order valence-corrected chi connectivity index (χ3v) is 7.84. The monoisotopic (exact) mass is 573 g/mol. The van der Waals surface area contributed by atoms with Gasteiger partial charge in [-0.2, -0.15) is 0 Å². The summed E-state index contributed by atoms with van der Waals surface area (Å²) in [7, 11) is -0.0785. The van der Waals surface area contributed by atoms with Crippen molar-refractivity contribution in [1.29, 1.82) is 0 Å². The van der Waals surface area contributed by atoms with Crippen LogP contribution in [0.2, 0.25) is 0 Å². The average Bonchev–Trinajstić information content (AvgIpc) is 3.58. The lowest BCUT2D eigenvalue weighted by molar-refractivity contribution is 0.0600. The standard InChI is InChI=1S/C30H29N3O5S.C2H6/c1-20-17-24-5-3-7-27(39(36)31-19-26-6-4-16-38-26)18-28(24)33(20)30(35)32-25-14-12-22(13-15-25)21-8-10-23(11-9-21)29(34)37-2;1-2/h3-6,8-16,18,20,31H,7,17,19H2,1-2H3,(H,32,35);1-2H3. The second-order valence-corrected chi connectivity index (χ2v) is 10.6. The van der Waals surface area contributed by atoms with E-state index < -0.39 is 11.0 Å². The Balaban J connectivity index is 0.00000189. The van der Waals surface area contributed by atoms with Crippen molar-refractivity contribution in [2.24, 2.45) is 0 Å². The number of nitrogens with zero attached hydrogens (tertiary/aromatic N) is 1. The Kier molecular flexibility index (Phi) is 10.1. The van der Waals surface area contributed by atoms with Crippen LogP contribution < -0.4 is 10.0 Å². The largest absolute Gasteiger partial charge is 0.468 e. The first-order valence-electron chi connectivity index (χ1n) is 13.6. The molecule has 2 aromatic carbocycles. The number of nitrogens with one attached hydrogen (secondary N) is 2. The van der Waals surface area contributed by atoms with Crippen molar-refractivity contribution >= 4 is 28.7 Å². The molecule has 3 aromatic rings. The lowest BCUT2D eigenvalue weighted by Gasteiger charge is -2.25. The number of methoxy groups -OCH3 is 1. The average molecular weight is 574 g/mol. The molecular weight excluding hydrogens is 538 g/mol. The van der Waals surface area contributed by atoms with Crippen molar-refractivity contribution in [2.45, 2.75) is 46.2 Å². The highest BCUT2D eigenvalue weighted by molar-refractivity contribution is 7.87. The Morgan fingerprint density at radius 3 is 2.37 bits per heavy atom. The van der Waals surface area contributed by atoms with Gasteiger partial charge in [0.25, 0.3) is 0 Å². The summed E-state index contributed by atoms with van der Waals surface area (Å²) < 4.78 is 26.1. The van der Waals surface area contributed by atoms with E-state index in [9.17, 15) is 13.8 Å². The molecule has 2 aliphatic rings. The predicted octanol–water partition coefficient (Wildman–Crippen LogP) is 6.94. The summed E-state index contributed by atoms with van der Waals surface area (Å²) in [5.41, 5.74) is 4.85. The Morgan fingerprint density at radius 2 is 1.73 bits per heavy atom. The smallest absolute Gasteiger partial charge is 0.337 e. The number of urea groups is 1. The zero-order valence-corrected chi connectivity index (χ0v) is 24.5. The van der Waals surface area contributed by atoms with E-state index in [0.29, 0.717) is 34.9 Å². The van der Waals surface area contributed by atoms with Crippen molar-refractivity contribution in [3.63, 3.8) is 0 Å². The summed E-state index contributed by atoms with van der Waals surface area (Å²) >= 11 is 0. The minimum atomic E-state index is -1.43. The zero-order valence-electron chi connectivity index (χ0n) is 23.7. The third kappa shape index (κ3) is 7.11. The normalized spacial score (nSPS) is 16.6. The number of anilines is 1. The summed E-state index contributed by atoms with van der Waals surface area (Å²) in [4.78, 5) is 27.5. The summed E-state index contributed by atoms with van der Waals surface area (Å²) in [6.45, 7) is 6.35. The van der Waals surface area contributed by atoms with Crippen molar-refractivity contribution in [1.82, 2.24) is 9.62 Å². The molecule has 1 aliphatic heterocycles. The van der Waals surface area contributed by atoms with E-state index in [1.165, 1.54) is 7.11 Å². The number of amides is 2. The Morgan fingerprint density at radius 1 is 1.05 bits per heavy atom. The maximum Gasteiger partial charge on any atom is 0.337 e. The topological polar surface area (TPSA) is 101 Å². The van der Waals surface area contributed by atoms with Gasteiger partial charge in [0.05, 0.1) is 25.5 Å². The van der Waals surface area contributed by atoms with Gasteiger partial charge in [-0.25, -0.2) is 18.5 Å². The lowest BCUT2D eigenvalue weighted by atomic mass is 10.0. The fraction of sp³-hybridized carbons (Fsp3) is 0.250. The van der Waals surface area contributed by atoms with E-state index in [1.807, 2.05) is 81.5 Å². The van der Waals surface area contributed by atoms with Crippen LogP contribution in [0.15, 0.2) is 106 Å². The highest BCUT2D eigenvalue weighted by Crippen LogP contribution is 2.34. The van der Waals surface area contributed by atoms with E-state index in [4.69, 9.17) is 9.15 Å². The van der Waals surface area contributed by atoms with Crippen LogP contribution in [0.5, 0.6) is 0 Å². The third-order valence-electron chi connectivity index (χ3n) is 6.67. The molecule has 0 fully saturated rings. The quantitative estimate of drug-likeness (QED) is 0.298. The highest BCUT2D eigenvalue weighted by atomic mass is 32.2. The molecule has 0 saturated heterocycles. The molecule has 5 rings (SSSR count).